The molecule has 1 aromatic heterocycles. The third-order valence-corrected chi connectivity index (χ3v) is 3.09. The molecule has 0 bridgehead atoms. The minimum absolute atomic E-state index is 0.0452. The molecular weight excluding hydrogens is 253 g/mol. The Morgan fingerprint density at radius 1 is 1.44 bits per heavy atom. The summed E-state index contributed by atoms with van der Waals surface area (Å²) in [4.78, 5) is 0. The number of aromatic nitrogens is 3. The van der Waals surface area contributed by atoms with E-state index in [0.717, 1.165) is 5.56 Å². The van der Waals surface area contributed by atoms with Gasteiger partial charge in [0.25, 0.3) is 0 Å². The molecule has 96 valence electrons. The van der Waals surface area contributed by atoms with Crippen molar-refractivity contribution in [2.75, 3.05) is 0 Å². The number of hydrogen-bond acceptors (Lipinski definition) is 3. The highest BCUT2D eigenvalue weighted by molar-refractivity contribution is 7.71. The maximum Gasteiger partial charge on any atom is 0.195 e. The summed E-state index contributed by atoms with van der Waals surface area (Å²) in [6.07, 6.45) is 0.696. The highest BCUT2D eigenvalue weighted by atomic mass is 32.1. The Labute approximate surface area is 109 Å². The number of halogens is 1. The van der Waals surface area contributed by atoms with E-state index >= 15 is 0 Å². The summed E-state index contributed by atoms with van der Waals surface area (Å²) in [5, 5.41) is 15.8. The fourth-order valence-corrected chi connectivity index (χ4v) is 2.29. The van der Waals surface area contributed by atoms with Gasteiger partial charge in [0.05, 0.1) is 0 Å². The van der Waals surface area contributed by atoms with Crippen LogP contribution in [0.3, 0.4) is 0 Å². The Hall–Kier alpha value is -1.53. The molecular formula is C12H14FN3OS. The van der Waals surface area contributed by atoms with E-state index in [4.69, 9.17) is 12.2 Å². The largest absolute Gasteiger partial charge is 0.388 e. The van der Waals surface area contributed by atoms with Crippen molar-refractivity contribution in [3.8, 4) is 0 Å². The zero-order valence-electron chi connectivity index (χ0n) is 9.93. The van der Waals surface area contributed by atoms with Crippen molar-refractivity contribution >= 4 is 12.2 Å². The van der Waals surface area contributed by atoms with Crippen molar-refractivity contribution in [2.45, 2.75) is 26.0 Å². The van der Waals surface area contributed by atoms with Crippen LogP contribution in [0.4, 0.5) is 4.39 Å². The number of H-pyrrole nitrogens is 1. The van der Waals surface area contributed by atoms with E-state index < -0.39 is 0 Å². The molecule has 1 heterocycles. The fourth-order valence-electron chi connectivity index (χ4n) is 1.96. The first kappa shape index (κ1) is 12.9. The molecule has 0 fully saturated rings. The maximum absolute atomic E-state index is 12.8. The molecule has 2 rings (SSSR count). The predicted octanol–water partition coefficient (Wildman–Crippen LogP) is 2.38. The van der Waals surface area contributed by atoms with Crippen LogP contribution in [0, 0.1) is 10.6 Å². The highest BCUT2D eigenvalue weighted by Gasteiger charge is 2.12. The highest BCUT2D eigenvalue weighted by Crippen LogP contribution is 2.16. The minimum atomic E-state index is -0.248. The summed E-state index contributed by atoms with van der Waals surface area (Å²) < 4.78 is 15.1. The molecule has 0 aliphatic heterocycles. The summed E-state index contributed by atoms with van der Waals surface area (Å²) in [7, 11) is 0. The number of hydrogen-bond donors (Lipinski definition) is 2. The average Bonchev–Trinajstić information content (AvgIpc) is 2.73. The van der Waals surface area contributed by atoms with Gasteiger partial charge in [-0.25, -0.2) is 4.39 Å². The van der Waals surface area contributed by atoms with Gasteiger partial charge in [-0.3, -0.25) is 9.67 Å². The molecule has 1 aromatic carbocycles. The number of aliphatic hydroxyl groups is 1. The van der Waals surface area contributed by atoms with Crippen molar-refractivity contribution in [3.05, 3.63) is 46.2 Å². The molecule has 1 atom stereocenters. The molecule has 18 heavy (non-hydrogen) atoms. The van der Waals surface area contributed by atoms with Gasteiger partial charge in [0.1, 0.15) is 12.4 Å². The Bertz CT molecular complexity index is 576. The Balaban J connectivity index is 2.21. The standard InChI is InChI=1S/C12H14FN3OS/c1-8(6-9-2-4-10(13)5-3-9)16-11(7-17)14-15-12(16)18/h2-5,8,17H,6-7H2,1H3,(H,15,18). The van der Waals surface area contributed by atoms with Gasteiger partial charge in [0, 0.05) is 6.04 Å². The summed E-state index contributed by atoms with van der Waals surface area (Å²) in [5.41, 5.74) is 1.01. The molecule has 2 N–H and O–H groups in total. The van der Waals surface area contributed by atoms with Gasteiger partial charge in [-0.1, -0.05) is 12.1 Å². The zero-order chi connectivity index (χ0) is 13.1. The van der Waals surface area contributed by atoms with Crippen LogP contribution in [0.5, 0.6) is 0 Å². The van der Waals surface area contributed by atoms with Crippen molar-refractivity contribution in [1.29, 1.82) is 0 Å². The van der Waals surface area contributed by atoms with Gasteiger partial charge in [-0.2, -0.15) is 5.10 Å². The first-order valence-electron chi connectivity index (χ1n) is 5.63. The summed E-state index contributed by atoms with van der Waals surface area (Å²) >= 11 is 5.13. The lowest BCUT2D eigenvalue weighted by atomic mass is 10.1. The van der Waals surface area contributed by atoms with Crippen LogP contribution in [0.2, 0.25) is 0 Å². The van der Waals surface area contributed by atoms with Crippen LogP contribution < -0.4 is 0 Å². The molecule has 0 radical (unpaired) electrons. The smallest absolute Gasteiger partial charge is 0.195 e. The lowest BCUT2D eigenvalue weighted by molar-refractivity contribution is 0.260. The van der Waals surface area contributed by atoms with Crippen molar-refractivity contribution in [2.24, 2.45) is 0 Å². The molecule has 0 saturated carbocycles. The molecule has 0 saturated heterocycles. The third-order valence-electron chi connectivity index (χ3n) is 2.80. The summed E-state index contributed by atoms with van der Waals surface area (Å²) in [6.45, 7) is 1.81. The third kappa shape index (κ3) is 2.65. The van der Waals surface area contributed by atoms with Crippen LogP contribution >= 0.6 is 12.2 Å². The van der Waals surface area contributed by atoms with Crippen LogP contribution in [0.25, 0.3) is 0 Å². The number of aromatic amines is 1. The summed E-state index contributed by atoms with van der Waals surface area (Å²) in [6, 6.07) is 6.40. The first-order chi connectivity index (χ1) is 8.61. The molecule has 1 unspecified atom stereocenters. The molecule has 0 amide bonds. The Morgan fingerprint density at radius 2 is 2.11 bits per heavy atom. The van der Waals surface area contributed by atoms with Crippen LogP contribution in [0.1, 0.15) is 24.4 Å². The van der Waals surface area contributed by atoms with E-state index in [1.807, 2.05) is 6.92 Å². The van der Waals surface area contributed by atoms with Gasteiger partial charge >= 0.3 is 0 Å². The van der Waals surface area contributed by atoms with E-state index in [9.17, 15) is 9.50 Å². The molecule has 6 heteroatoms. The normalized spacial score (nSPS) is 12.6. The first-order valence-corrected chi connectivity index (χ1v) is 6.03. The monoisotopic (exact) mass is 267 g/mol. The Morgan fingerprint density at radius 3 is 2.72 bits per heavy atom. The number of nitrogens with one attached hydrogen (secondary N) is 1. The predicted molar refractivity (Wildman–Crippen MR) is 68.1 cm³/mol. The molecule has 2 aromatic rings. The molecule has 4 nitrogen and oxygen atoms in total. The molecule has 0 aliphatic rings. The second kappa shape index (κ2) is 5.41. The van der Waals surface area contributed by atoms with Crippen molar-refractivity contribution in [1.82, 2.24) is 14.8 Å². The van der Waals surface area contributed by atoms with Gasteiger partial charge in [-0.05, 0) is 43.3 Å². The van der Waals surface area contributed by atoms with Gasteiger partial charge in [0.15, 0.2) is 10.6 Å². The second-order valence-electron chi connectivity index (χ2n) is 4.15. The van der Waals surface area contributed by atoms with Crippen LogP contribution in [0.15, 0.2) is 24.3 Å². The van der Waals surface area contributed by atoms with Crippen LogP contribution in [-0.2, 0) is 13.0 Å². The van der Waals surface area contributed by atoms with E-state index in [0.29, 0.717) is 17.0 Å². The van der Waals surface area contributed by atoms with Crippen molar-refractivity contribution < 1.29 is 9.50 Å². The molecule has 0 spiro atoms. The number of nitrogens with zero attached hydrogens (tertiary/aromatic N) is 2. The number of rotatable bonds is 4. The number of benzene rings is 1. The summed E-state index contributed by atoms with van der Waals surface area (Å²) in [5.74, 6) is 0.261. The topological polar surface area (TPSA) is 53.8 Å². The average molecular weight is 267 g/mol. The van der Waals surface area contributed by atoms with E-state index in [1.54, 1.807) is 16.7 Å². The van der Waals surface area contributed by atoms with Crippen molar-refractivity contribution in [3.63, 3.8) is 0 Å². The molecule has 0 aliphatic carbocycles. The van der Waals surface area contributed by atoms with E-state index in [2.05, 4.69) is 10.2 Å². The van der Waals surface area contributed by atoms with E-state index in [-0.39, 0.29) is 18.5 Å². The second-order valence-corrected chi connectivity index (χ2v) is 4.54. The number of aliphatic hydroxyl groups excluding tert-OH is 1. The fraction of sp³-hybridized carbons (Fsp3) is 0.333. The quantitative estimate of drug-likeness (QED) is 0.836. The lowest BCUT2D eigenvalue weighted by Crippen LogP contribution is -2.12. The van der Waals surface area contributed by atoms with E-state index in [1.165, 1.54) is 12.1 Å². The maximum atomic E-state index is 12.8. The lowest BCUT2D eigenvalue weighted by Gasteiger charge is -2.14. The van der Waals surface area contributed by atoms with Gasteiger partial charge in [-0.15, -0.1) is 0 Å². The Kier molecular flexibility index (Phi) is 3.88. The zero-order valence-corrected chi connectivity index (χ0v) is 10.7. The van der Waals surface area contributed by atoms with Gasteiger partial charge < -0.3 is 5.11 Å². The SMILES string of the molecule is CC(Cc1ccc(F)cc1)n1c(CO)n[nH]c1=S. The minimum Gasteiger partial charge on any atom is -0.388 e. The van der Waals surface area contributed by atoms with Gasteiger partial charge in [0.2, 0.25) is 0 Å². The van der Waals surface area contributed by atoms with Crippen LogP contribution in [-0.4, -0.2) is 19.9 Å².